The number of nitrogens with zero attached hydrogens (tertiary/aromatic N) is 1. The topological polar surface area (TPSA) is 54.0 Å². The molecule has 6 heteroatoms. The lowest BCUT2D eigenvalue weighted by atomic mass is 10.2. The third-order valence-electron chi connectivity index (χ3n) is 2.82. The van der Waals surface area contributed by atoms with Crippen molar-refractivity contribution in [3.05, 3.63) is 16.1 Å². The van der Waals surface area contributed by atoms with Gasteiger partial charge in [0.25, 0.3) is 0 Å². The summed E-state index contributed by atoms with van der Waals surface area (Å²) in [6, 6.07) is 0.321. The number of aryl methyl sites for hydroxylation is 1. The molecule has 2 heterocycles. The number of aromatic nitrogens is 1. The summed E-state index contributed by atoms with van der Waals surface area (Å²) in [4.78, 5) is 17.4. The fraction of sp³-hybridized carbons (Fsp3) is 0.667. The van der Waals surface area contributed by atoms with Crippen LogP contribution in [0.4, 0.5) is 0 Å². The Balaban J connectivity index is 1.79. The SMILES string of the molecule is Cc1cnc(C(C)NC(=O)CC2CSCCN2)s1. The van der Waals surface area contributed by atoms with Crippen LogP contribution in [0.2, 0.25) is 0 Å². The van der Waals surface area contributed by atoms with Crippen molar-refractivity contribution >= 4 is 29.0 Å². The van der Waals surface area contributed by atoms with Gasteiger partial charge in [-0.05, 0) is 13.8 Å². The minimum atomic E-state index is 0.00689. The van der Waals surface area contributed by atoms with E-state index in [1.54, 1.807) is 11.3 Å². The number of thioether (sulfide) groups is 1. The van der Waals surface area contributed by atoms with Crippen LogP contribution in [-0.4, -0.2) is 35.0 Å². The lowest BCUT2D eigenvalue weighted by molar-refractivity contribution is -0.122. The van der Waals surface area contributed by atoms with Gasteiger partial charge in [-0.3, -0.25) is 4.79 Å². The normalized spacial score (nSPS) is 21.6. The molecule has 18 heavy (non-hydrogen) atoms. The fourth-order valence-electron chi connectivity index (χ4n) is 1.91. The van der Waals surface area contributed by atoms with Gasteiger partial charge >= 0.3 is 0 Å². The van der Waals surface area contributed by atoms with Gasteiger partial charge in [0, 0.05) is 41.6 Å². The van der Waals surface area contributed by atoms with Crippen LogP contribution in [0.5, 0.6) is 0 Å². The molecule has 100 valence electrons. The van der Waals surface area contributed by atoms with Crippen LogP contribution in [0.3, 0.4) is 0 Å². The number of nitrogens with one attached hydrogen (secondary N) is 2. The molecular weight excluding hydrogens is 266 g/mol. The largest absolute Gasteiger partial charge is 0.347 e. The van der Waals surface area contributed by atoms with E-state index >= 15 is 0 Å². The first-order valence-corrected chi connectivity index (χ1v) is 8.15. The van der Waals surface area contributed by atoms with E-state index in [1.165, 1.54) is 4.88 Å². The van der Waals surface area contributed by atoms with Gasteiger partial charge in [0.05, 0.1) is 6.04 Å². The van der Waals surface area contributed by atoms with Crippen LogP contribution in [0.1, 0.15) is 29.3 Å². The third kappa shape index (κ3) is 3.96. The van der Waals surface area contributed by atoms with E-state index in [0.717, 1.165) is 23.1 Å². The minimum absolute atomic E-state index is 0.00689. The number of amides is 1. The van der Waals surface area contributed by atoms with Crippen LogP contribution >= 0.6 is 23.1 Å². The first-order valence-electron chi connectivity index (χ1n) is 6.18. The van der Waals surface area contributed by atoms with E-state index < -0.39 is 0 Å². The average Bonchev–Trinajstić information content (AvgIpc) is 2.77. The zero-order chi connectivity index (χ0) is 13.0. The molecule has 1 aromatic heterocycles. The van der Waals surface area contributed by atoms with Gasteiger partial charge < -0.3 is 10.6 Å². The summed E-state index contributed by atoms with van der Waals surface area (Å²) in [5.74, 6) is 2.28. The Kier molecular flexibility index (Phi) is 5.03. The molecule has 0 aliphatic carbocycles. The van der Waals surface area contributed by atoms with Crippen LogP contribution < -0.4 is 10.6 Å². The molecule has 0 saturated carbocycles. The van der Waals surface area contributed by atoms with Gasteiger partial charge in [-0.25, -0.2) is 4.98 Å². The maximum Gasteiger partial charge on any atom is 0.222 e. The number of hydrogen-bond acceptors (Lipinski definition) is 5. The van der Waals surface area contributed by atoms with Crippen molar-refractivity contribution in [1.82, 2.24) is 15.6 Å². The first kappa shape index (κ1) is 13.8. The van der Waals surface area contributed by atoms with Crippen molar-refractivity contribution in [2.24, 2.45) is 0 Å². The maximum absolute atomic E-state index is 11.9. The summed E-state index contributed by atoms with van der Waals surface area (Å²) in [5.41, 5.74) is 0. The molecule has 1 saturated heterocycles. The molecule has 0 radical (unpaired) electrons. The molecule has 2 N–H and O–H groups in total. The van der Waals surface area contributed by atoms with E-state index in [4.69, 9.17) is 0 Å². The third-order valence-corrected chi connectivity index (χ3v) is 5.04. The highest BCUT2D eigenvalue weighted by atomic mass is 32.2. The van der Waals surface area contributed by atoms with Crippen LogP contribution in [0.15, 0.2) is 6.20 Å². The lowest BCUT2D eigenvalue weighted by Gasteiger charge is -2.23. The summed E-state index contributed by atoms with van der Waals surface area (Å²) in [6.07, 6.45) is 2.41. The number of carbonyl (C=O) groups is 1. The molecule has 1 aliphatic rings. The molecule has 0 aromatic carbocycles. The lowest BCUT2D eigenvalue weighted by Crippen LogP contribution is -2.41. The van der Waals surface area contributed by atoms with Gasteiger partial charge in [0.1, 0.15) is 5.01 Å². The maximum atomic E-state index is 11.9. The van der Waals surface area contributed by atoms with Crippen LogP contribution in [0, 0.1) is 6.92 Å². The Hall–Kier alpha value is -0.590. The predicted molar refractivity (Wildman–Crippen MR) is 77.1 cm³/mol. The molecule has 4 nitrogen and oxygen atoms in total. The Morgan fingerprint density at radius 1 is 1.72 bits per heavy atom. The second-order valence-electron chi connectivity index (χ2n) is 4.53. The summed E-state index contributed by atoms with van der Waals surface area (Å²) < 4.78 is 0. The Bertz CT molecular complexity index is 402. The van der Waals surface area contributed by atoms with E-state index in [9.17, 15) is 4.79 Å². The van der Waals surface area contributed by atoms with E-state index in [0.29, 0.717) is 12.5 Å². The standard InChI is InChI=1S/C12H19N3OS2/c1-8-6-14-12(18-8)9(2)15-11(16)5-10-7-17-4-3-13-10/h6,9-10,13H,3-5,7H2,1-2H3,(H,15,16). The summed E-state index contributed by atoms with van der Waals surface area (Å²) >= 11 is 3.55. The summed E-state index contributed by atoms with van der Waals surface area (Å²) in [6.45, 7) is 5.02. The fourth-order valence-corrected chi connectivity index (χ4v) is 3.63. The van der Waals surface area contributed by atoms with Crippen molar-refractivity contribution in [3.8, 4) is 0 Å². The molecule has 2 rings (SSSR count). The highest BCUT2D eigenvalue weighted by Gasteiger charge is 2.19. The molecule has 0 bridgehead atoms. The van der Waals surface area contributed by atoms with Gasteiger partial charge in [-0.1, -0.05) is 0 Å². The smallest absolute Gasteiger partial charge is 0.222 e. The molecule has 1 amide bonds. The molecule has 1 fully saturated rings. The van der Waals surface area contributed by atoms with Crippen LogP contribution in [0.25, 0.3) is 0 Å². The van der Waals surface area contributed by atoms with Crippen molar-refractivity contribution in [3.63, 3.8) is 0 Å². The Labute approximate surface area is 116 Å². The highest BCUT2D eigenvalue weighted by molar-refractivity contribution is 7.99. The number of hydrogen-bond donors (Lipinski definition) is 2. The molecular formula is C12H19N3OS2. The molecule has 0 spiro atoms. The second kappa shape index (κ2) is 6.54. The average molecular weight is 285 g/mol. The van der Waals surface area contributed by atoms with Crippen molar-refractivity contribution in [2.45, 2.75) is 32.4 Å². The Morgan fingerprint density at radius 2 is 2.56 bits per heavy atom. The predicted octanol–water partition coefficient (Wildman–Crippen LogP) is 1.72. The quantitative estimate of drug-likeness (QED) is 0.884. The Morgan fingerprint density at radius 3 is 3.17 bits per heavy atom. The van der Waals surface area contributed by atoms with Crippen molar-refractivity contribution in [2.75, 3.05) is 18.1 Å². The summed E-state index contributed by atoms with van der Waals surface area (Å²) in [7, 11) is 0. The minimum Gasteiger partial charge on any atom is -0.347 e. The van der Waals surface area contributed by atoms with Gasteiger partial charge in [-0.2, -0.15) is 11.8 Å². The first-order chi connectivity index (χ1) is 8.65. The van der Waals surface area contributed by atoms with E-state index in [2.05, 4.69) is 15.6 Å². The van der Waals surface area contributed by atoms with Crippen LogP contribution in [-0.2, 0) is 4.79 Å². The summed E-state index contributed by atoms with van der Waals surface area (Å²) in [5, 5.41) is 7.37. The zero-order valence-corrected chi connectivity index (χ0v) is 12.4. The number of carbonyl (C=O) groups excluding carboxylic acids is 1. The van der Waals surface area contributed by atoms with Gasteiger partial charge in [0.15, 0.2) is 0 Å². The van der Waals surface area contributed by atoms with Crippen molar-refractivity contribution < 1.29 is 4.79 Å². The monoisotopic (exact) mass is 285 g/mol. The zero-order valence-electron chi connectivity index (χ0n) is 10.7. The number of rotatable bonds is 4. The molecule has 2 unspecified atom stereocenters. The highest BCUT2D eigenvalue weighted by Crippen LogP contribution is 2.19. The van der Waals surface area contributed by atoms with Crippen molar-refractivity contribution in [1.29, 1.82) is 0 Å². The molecule has 2 atom stereocenters. The second-order valence-corrected chi connectivity index (χ2v) is 6.94. The van der Waals surface area contributed by atoms with Gasteiger partial charge in [0.2, 0.25) is 5.91 Å². The number of thiazole rings is 1. The molecule has 1 aliphatic heterocycles. The van der Waals surface area contributed by atoms with Gasteiger partial charge in [-0.15, -0.1) is 11.3 Å². The molecule has 1 aromatic rings. The van der Waals surface area contributed by atoms with E-state index in [-0.39, 0.29) is 11.9 Å². The van der Waals surface area contributed by atoms with E-state index in [1.807, 2.05) is 31.8 Å².